The van der Waals surface area contributed by atoms with E-state index in [-0.39, 0.29) is 10.9 Å². The number of carboxylic acid groups (broad SMARTS) is 1. The Labute approximate surface area is 89.8 Å². The molecule has 3 N–H and O–H groups in total. The van der Waals surface area contributed by atoms with Gasteiger partial charge in [-0.1, -0.05) is 6.08 Å². The zero-order valence-corrected chi connectivity index (χ0v) is 9.69. The standard InChI is InChI=1S/C10H19NO4/c1-6-7-10(8(12)13,9(2,14)15)11(3,4)5/h6,14-15H,1,7H2,2-5H3/p+1. The molecule has 88 valence electrons. The highest BCUT2D eigenvalue weighted by Crippen LogP contribution is 2.33. The summed E-state index contributed by atoms with van der Waals surface area (Å²) in [6.07, 6.45) is 1.34. The minimum absolute atomic E-state index is 0.0324. The first-order valence-electron chi connectivity index (χ1n) is 4.61. The van der Waals surface area contributed by atoms with Crippen LogP contribution in [0, 0.1) is 0 Å². The highest BCUT2D eigenvalue weighted by Gasteiger charge is 2.62. The molecule has 0 rings (SSSR count). The summed E-state index contributed by atoms with van der Waals surface area (Å²) in [6.45, 7) is 4.54. The van der Waals surface area contributed by atoms with Crippen LogP contribution in [0.5, 0.6) is 0 Å². The third kappa shape index (κ3) is 2.19. The van der Waals surface area contributed by atoms with E-state index in [4.69, 9.17) is 0 Å². The van der Waals surface area contributed by atoms with Gasteiger partial charge in [-0.3, -0.25) is 0 Å². The van der Waals surface area contributed by atoms with Gasteiger partial charge in [-0.05, 0) is 6.92 Å². The summed E-state index contributed by atoms with van der Waals surface area (Å²) in [4.78, 5) is 11.3. The molecule has 5 heteroatoms. The largest absolute Gasteiger partial charge is 0.476 e. The van der Waals surface area contributed by atoms with Gasteiger partial charge in [0.15, 0.2) is 0 Å². The van der Waals surface area contributed by atoms with Gasteiger partial charge in [0.05, 0.1) is 21.1 Å². The molecule has 0 aliphatic heterocycles. The minimum Gasteiger partial charge on any atom is -0.476 e. The van der Waals surface area contributed by atoms with E-state index in [1.54, 1.807) is 21.1 Å². The van der Waals surface area contributed by atoms with E-state index >= 15 is 0 Å². The molecule has 0 aromatic carbocycles. The van der Waals surface area contributed by atoms with Crippen LogP contribution in [0.4, 0.5) is 0 Å². The fraction of sp³-hybridized carbons (Fsp3) is 0.700. The second-order valence-electron chi connectivity index (χ2n) is 4.69. The molecule has 1 atom stereocenters. The predicted molar refractivity (Wildman–Crippen MR) is 56.1 cm³/mol. The number of likely N-dealkylation sites (N-methyl/N-ethyl adjacent to an activating group) is 1. The molecule has 0 radical (unpaired) electrons. The molecule has 0 aliphatic carbocycles. The Balaban J connectivity index is 5.71. The molecule has 0 aromatic heterocycles. The van der Waals surface area contributed by atoms with Crippen LogP contribution in [0.3, 0.4) is 0 Å². The second-order valence-corrected chi connectivity index (χ2v) is 4.69. The van der Waals surface area contributed by atoms with Crippen molar-refractivity contribution in [1.29, 1.82) is 0 Å². The molecule has 15 heavy (non-hydrogen) atoms. The molecule has 0 amide bonds. The first-order valence-corrected chi connectivity index (χ1v) is 4.61. The molecule has 0 saturated carbocycles. The fourth-order valence-electron chi connectivity index (χ4n) is 1.89. The Bertz CT molecular complexity index is 246. The summed E-state index contributed by atoms with van der Waals surface area (Å²) in [7, 11) is 4.80. The molecule has 0 fully saturated rings. The van der Waals surface area contributed by atoms with Gasteiger partial charge in [-0.25, -0.2) is 4.79 Å². The van der Waals surface area contributed by atoms with Crippen molar-refractivity contribution >= 4 is 5.97 Å². The summed E-state index contributed by atoms with van der Waals surface area (Å²) in [6, 6.07) is 0. The van der Waals surface area contributed by atoms with Gasteiger partial charge < -0.3 is 19.8 Å². The highest BCUT2D eigenvalue weighted by atomic mass is 16.5. The van der Waals surface area contributed by atoms with Crippen molar-refractivity contribution < 1.29 is 24.6 Å². The van der Waals surface area contributed by atoms with Crippen molar-refractivity contribution in [3.8, 4) is 0 Å². The number of carbonyl (C=O) groups is 1. The predicted octanol–water partition coefficient (Wildman–Crippen LogP) is -0.207. The van der Waals surface area contributed by atoms with Gasteiger partial charge in [0.1, 0.15) is 0 Å². The zero-order valence-electron chi connectivity index (χ0n) is 9.69. The lowest BCUT2D eigenvalue weighted by atomic mass is 9.83. The van der Waals surface area contributed by atoms with Crippen LogP contribution >= 0.6 is 0 Å². The van der Waals surface area contributed by atoms with E-state index in [1.807, 2.05) is 0 Å². The van der Waals surface area contributed by atoms with Crippen molar-refractivity contribution in [1.82, 2.24) is 0 Å². The molecule has 0 saturated heterocycles. The van der Waals surface area contributed by atoms with E-state index in [9.17, 15) is 20.1 Å². The number of nitrogens with zero attached hydrogens (tertiary/aromatic N) is 1. The Morgan fingerprint density at radius 1 is 1.40 bits per heavy atom. The maximum Gasteiger partial charge on any atom is 0.371 e. The van der Waals surface area contributed by atoms with Crippen LogP contribution in [0.2, 0.25) is 0 Å². The number of quaternary nitrogens is 1. The van der Waals surface area contributed by atoms with Gasteiger partial charge in [-0.2, -0.15) is 0 Å². The monoisotopic (exact) mass is 218 g/mol. The number of carboxylic acids is 1. The van der Waals surface area contributed by atoms with Gasteiger partial charge in [-0.15, -0.1) is 6.58 Å². The van der Waals surface area contributed by atoms with Crippen LogP contribution in [0.15, 0.2) is 12.7 Å². The minimum atomic E-state index is -2.33. The topological polar surface area (TPSA) is 77.8 Å². The lowest BCUT2D eigenvalue weighted by molar-refractivity contribution is -0.926. The van der Waals surface area contributed by atoms with Gasteiger partial charge in [0.2, 0.25) is 5.79 Å². The lowest BCUT2D eigenvalue weighted by Crippen LogP contribution is -2.72. The van der Waals surface area contributed by atoms with Crippen LogP contribution in [0.25, 0.3) is 0 Å². The molecule has 0 aliphatic rings. The number of aliphatic hydroxyl groups is 2. The molecule has 5 nitrogen and oxygen atoms in total. The van der Waals surface area contributed by atoms with Gasteiger partial charge in [0, 0.05) is 6.42 Å². The van der Waals surface area contributed by atoms with Gasteiger partial charge in [0.25, 0.3) is 5.54 Å². The molecule has 1 unspecified atom stereocenters. The third-order valence-electron chi connectivity index (χ3n) is 2.72. The summed E-state index contributed by atoms with van der Waals surface area (Å²) in [5.74, 6) is -3.59. The fourth-order valence-corrected chi connectivity index (χ4v) is 1.89. The maximum atomic E-state index is 11.3. The number of hydrogen-bond donors (Lipinski definition) is 3. The number of aliphatic carboxylic acids is 1. The quantitative estimate of drug-likeness (QED) is 0.339. The first kappa shape index (κ1) is 14.1. The number of rotatable bonds is 5. The van der Waals surface area contributed by atoms with Crippen LogP contribution in [-0.2, 0) is 4.79 Å². The maximum absolute atomic E-state index is 11.3. The SMILES string of the molecule is C=CCC(C(=O)O)(C(C)(O)O)[N+](C)(C)C. The molecule has 0 heterocycles. The van der Waals surface area contributed by atoms with Gasteiger partial charge >= 0.3 is 5.97 Å². The Morgan fingerprint density at radius 3 is 1.87 bits per heavy atom. The Kier molecular flexibility index (Phi) is 3.68. The highest BCUT2D eigenvalue weighted by molar-refractivity contribution is 5.79. The van der Waals surface area contributed by atoms with Crippen molar-refractivity contribution in [2.75, 3.05) is 21.1 Å². The molecule has 0 bridgehead atoms. The second kappa shape index (κ2) is 3.92. The van der Waals surface area contributed by atoms with Crippen molar-refractivity contribution in [2.24, 2.45) is 0 Å². The Morgan fingerprint density at radius 2 is 1.80 bits per heavy atom. The molecular weight excluding hydrogens is 198 g/mol. The summed E-state index contributed by atoms with van der Waals surface area (Å²) in [5.41, 5.74) is -1.73. The van der Waals surface area contributed by atoms with Crippen LogP contribution in [-0.4, -0.2) is 58.2 Å². The normalized spacial score (nSPS) is 16.9. The van der Waals surface area contributed by atoms with E-state index in [1.165, 1.54) is 6.08 Å². The average Bonchev–Trinajstić information content (AvgIpc) is 1.93. The third-order valence-corrected chi connectivity index (χ3v) is 2.72. The van der Waals surface area contributed by atoms with Crippen LogP contribution in [0.1, 0.15) is 13.3 Å². The average molecular weight is 218 g/mol. The van der Waals surface area contributed by atoms with E-state index in [0.717, 1.165) is 6.92 Å². The van der Waals surface area contributed by atoms with Crippen LogP contribution < -0.4 is 0 Å². The summed E-state index contributed by atoms with van der Waals surface area (Å²) < 4.78 is -0.113. The Hall–Kier alpha value is -0.910. The van der Waals surface area contributed by atoms with Crippen molar-refractivity contribution in [3.05, 3.63) is 12.7 Å². The van der Waals surface area contributed by atoms with Crippen molar-refractivity contribution in [2.45, 2.75) is 24.7 Å². The summed E-state index contributed by atoms with van der Waals surface area (Å²) >= 11 is 0. The van der Waals surface area contributed by atoms with E-state index in [2.05, 4.69) is 6.58 Å². The van der Waals surface area contributed by atoms with Crippen molar-refractivity contribution in [3.63, 3.8) is 0 Å². The molecular formula is C10H20NO4+. The zero-order chi connectivity index (χ0) is 12.5. The molecule has 0 aromatic rings. The summed E-state index contributed by atoms with van der Waals surface area (Å²) in [5, 5.41) is 28.6. The number of hydrogen-bond acceptors (Lipinski definition) is 3. The van der Waals surface area contributed by atoms with E-state index < -0.39 is 17.3 Å². The first-order chi connectivity index (χ1) is 6.50. The van der Waals surface area contributed by atoms with E-state index in [0.29, 0.717) is 0 Å². The molecule has 0 spiro atoms. The lowest BCUT2D eigenvalue weighted by Gasteiger charge is -2.47. The smallest absolute Gasteiger partial charge is 0.371 e.